The zero-order valence-corrected chi connectivity index (χ0v) is 8.46. The molecule has 1 atom stereocenters. The fourth-order valence-electron chi connectivity index (χ4n) is 1.22. The van der Waals surface area contributed by atoms with Crippen molar-refractivity contribution < 1.29 is 14.2 Å². The van der Waals surface area contributed by atoms with Gasteiger partial charge in [0.25, 0.3) is 0 Å². The largest absolute Gasteiger partial charge is 0.386 e. The number of hydrogen-bond donors (Lipinski definition) is 1. The number of rotatable bonds is 4. The van der Waals surface area contributed by atoms with E-state index in [4.69, 9.17) is 4.74 Å². The third kappa shape index (κ3) is 2.79. The molecule has 0 aliphatic rings. The Balaban J connectivity index is 2.74. The number of ether oxygens (including phenoxy) is 1. The van der Waals surface area contributed by atoms with Gasteiger partial charge in [0.2, 0.25) is 0 Å². The molecule has 0 fully saturated rings. The van der Waals surface area contributed by atoms with Gasteiger partial charge in [-0.15, -0.1) is 0 Å². The molecule has 0 radical (unpaired) electrons. The lowest BCUT2D eigenvalue weighted by Crippen LogP contribution is -2.08. The molecule has 1 aromatic carbocycles. The Morgan fingerprint density at radius 1 is 1.50 bits per heavy atom. The second-order valence-corrected chi connectivity index (χ2v) is 3.20. The van der Waals surface area contributed by atoms with Gasteiger partial charge in [0, 0.05) is 12.2 Å². The van der Waals surface area contributed by atoms with Gasteiger partial charge in [-0.25, -0.2) is 4.39 Å². The van der Waals surface area contributed by atoms with Crippen molar-refractivity contribution in [2.45, 2.75) is 20.0 Å². The summed E-state index contributed by atoms with van der Waals surface area (Å²) in [6, 6.07) is 4.77. The molecule has 0 saturated heterocycles. The van der Waals surface area contributed by atoms with Gasteiger partial charge >= 0.3 is 0 Å². The van der Waals surface area contributed by atoms with E-state index in [0.717, 1.165) is 5.56 Å². The lowest BCUT2D eigenvalue weighted by atomic mass is 10.1. The van der Waals surface area contributed by atoms with Gasteiger partial charge in [-0.05, 0) is 25.5 Å². The Morgan fingerprint density at radius 2 is 2.21 bits per heavy atom. The van der Waals surface area contributed by atoms with Crippen molar-refractivity contribution in [1.82, 2.24) is 0 Å². The molecule has 0 bridgehead atoms. The monoisotopic (exact) mass is 198 g/mol. The van der Waals surface area contributed by atoms with E-state index in [2.05, 4.69) is 0 Å². The Kier molecular flexibility index (Phi) is 4.04. The summed E-state index contributed by atoms with van der Waals surface area (Å²) in [5.74, 6) is -0.378. The minimum Gasteiger partial charge on any atom is -0.386 e. The van der Waals surface area contributed by atoms with Crippen LogP contribution in [0.3, 0.4) is 0 Å². The van der Waals surface area contributed by atoms with Crippen LogP contribution in [0.4, 0.5) is 4.39 Å². The van der Waals surface area contributed by atoms with Crippen LogP contribution < -0.4 is 0 Å². The number of aliphatic hydroxyl groups is 1. The summed E-state index contributed by atoms with van der Waals surface area (Å²) in [4.78, 5) is 0. The topological polar surface area (TPSA) is 29.5 Å². The maximum Gasteiger partial charge on any atom is 0.129 e. The Morgan fingerprint density at radius 3 is 2.79 bits per heavy atom. The molecule has 0 aliphatic heterocycles. The minimum absolute atomic E-state index is 0.135. The lowest BCUT2D eigenvalue weighted by Gasteiger charge is -2.11. The van der Waals surface area contributed by atoms with Crippen molar-refractivity contribution in [3.63, 3.8) is 0 Å². The van der Waals surface area contributed by atoms with Crippen LogP contribution in [0, 0.1) is 12.7 Å². The average Bonchev–Trinajstić information content (AvgIpc) is 2.14. The zero-order chi connectivity index (χ0) is 10.6. The highest BCUT2D eigenvalue weighted by molar-refractivity contribution is 5.25. The Hall–Kier alpha value is -0.930. The van der Waals surface area contributed by atoms with E-state index < -0.39 is 6.10 Å². The molecule has 1 aromatic rings. The van der Waals surface area contributed by atoms with E-state index in [9.17, 15) is 9.50 Å². The maximum atomic E-state index is 13.3. The van der Waals surface area contributed by atoms with E-state index in [0.29, 0.717) is 12.2 Å². The molecule has 3 heteroatoms. The molecule has 1 N–H and O–H groups in total. The highest BCUT2D eigenvalue weighted by Crippen LogP contribution is 2.18. The molecule has 0 aromatic heterocycles. The van der Waals surface area contributed by atoms with E-state index >= 15 is 0 Å². The molecule has 0 amide bonds. The molecule has 0 aliphatic carbocycles. The van der Waals surface area contributed by atoms with Crippen molar-refractivity contribution in [3.8, 4) is 0 Å². The van der Waals surface area contributed by atoms with Crippen LogP contribution in [0.15, 0.2) is 18.2 Å². The molecule has 2 nitrogen and oxygen atoms in total. The first-order valence-corrected chi connectivity index (χ1v) is 4.67. The molecular formula is C11H15FO2. The molecule has 0 saturated carbocycles. The van der Waals surface area contributed by atoms with E-state index in [1.807, 2.05) is 13.8 Å². The fraction of sp³-hybridized carbons (Fsp3) is 0.455. The van der Waals surface area contributed by atoms with Crippen LogP contribution in [0.1, 0.15) is 24.2 Å². The first kappa shape index (κ1) is 11.1. The molecular weight excluding hydrogens is 183 g/mol. The number of aryl methyl sites for hydroxylation is 1. The predicted molar refractivity (Wildman–Crippen MR) is 52.6 cm³/mol. The third-order valence-corrected chi connectivity index (χ3v) is 1.99. The van der Waals surface area contributed by atoms with Gasteiger partial charge in [-0.1, -0.05) is 12.1 Å². The van der Waals surface area contributed by atoms with Crippen LogP contribution in [0.25, 0.3) is 0 Å². The van der Waals surface area contributed by atoms with Gasteiger partial charge < -0.3 is 9.84 Å². The van der Waals surface area contributed by atoms with Crippen LogP contribution in [0.5, 0.6) is 0 Å². The van der Waals surface area contributed by atoms with Crippen molar-refractivity contribution >= 4 is 0 Å². The number of halogens is 1. The van der Waals surface area contributed by atoms with Crippen LogP contribution in [-0.4, -0.2) is 18.3 Å². The van der Waals surface area contributed by atoms with Gasteiger partial charge in [0.15, 0.2) is 0 Å². The van der Waals surface area contributed by atoms with E-state index in [-0.39, 0.29) is 12.4 Å². The molecule has 78 valence electrons. The minimum atomic E-state index is -0.879. The van der Waals surface area contributed by atoms with Crippen molar-refractivity contribution in [3.05, 3.63) is 35.1 Å². The van der Waals surface area contributed by atoms with Crippen molar-refractivity contribution in [1.29, 1.82) is 0 Å². The molecule has 14 heavy (non-hydrogen) atoms. The van der Waals surface area contributed by atoms with Gasteiger partial charge in [0.1, 0.15) is 11.9 Å². The Bertz CT molecular complexity index is 299. The molecule has 0 heterocycles. The molecule has 0 spiro atoms. The summed E-state index contributed by atoms with van der Waals surface area (Å²) in [7, 11) is 0. The van der Waals surface area contributed by atoms with E-state index in [1.165, 1.54) is 6.07 Å². The zero-order valence-electron chi connectivity index (χ0n) is 8.46. The summed E-state index contributed by atoms with van der Waals surface area (Å²) in [5, 5.41) is 9.56. The Labute approximate surface area is 83.3 Å². The molecule has 1 unspecified atom stereocenters. The highest BCUT2D eigenvalue weighted by Gasteiger charge is 2.12. The quantitative estimate of drug-likeness (QED) is 0.803. The van der Waals surface area contributed by atoms with Crippen molar-refractivity contribution in [2.75, 3.05) is 13.2 Å². The van der Waals surface area contributed by atoms with Crippen molar-refractivity contribution in [2.24, 2.45) is 0 Å². The smallest absolute Gasteiger partial charge is 0.129 e. The predicted octanol–water partition coefficient (Wildman–Crippen LogP) is 2.20. The summed E-state index contributed by atoms with van der Waals surface area (Å²) >= 11 is 0. The summed E-state index contributed by atoms with van der Waals surface area (Å²) in [5.41, 5.74) is 1.14. The standard InChI is InChI=1S/C11H15FO2/c1-3-14-7-11(13)9-5-4-8(2)6-10(9)12/h4-6,11,13H,3,7H2,1-2H3. The van der Waals surface area contributed by atoms with E-state index in [1.54, 1.807) is 12.1 Å². The highest BCUT2D eigenvalue weighted by atomic mass is 19.1. The lowest BCUT2D eigenvalue weighted by molar-refractivity contribution is 0.0401. The second kappa shape index (κ2) is 5.08. The fourth-order valence-corrected chi connectivity index (χ4v) is 1.22. The van der Waals surface area contributed by atoms with Crippen LogP contribution in [0.2, 0.25) is 0 Å². The van der Waals surface area contributed by atoms with Gasteiger partial charge in [-0.3, -0.25) is 0 Å². The first-order chi connectivity index (χ1) is 6.65. The normalized spacial score (nSPS) is 12.9. The second-order valence-electron chi connectivity index (χ2n) is 3.20. The maximum absolute atomic E-state index is 13.3. The average molecular weight is 198 g/mol. The summed E-state index contributed by atoms with van der Waals surface area (Å²) < 4.78 is 18.3. The summed E-state index contributed by atoms with van der Waals surface area (Å²) in [6.07, 6.45) is -0.879. The van der Waals surface area contributed by atoms with Crippen LogP contribution >= 0.6 is 0 Å². The SMILES string of the molecule is CCOCC(O)c1ccc(C)cc1F. The third-order valence-electron chi connectivity index (χ3n) is 1.99. The number of benzene rings is 1. The summed E-state index contributed by atoms with van der Waals surface area (Å²) in [6.45, 7) is 4.29. The van der Waals surface area contributed by atoms with Crippen LogP contribution in [-0.2, 0) is 4.74 Å². The van der Waals surface area contributed by atoms with Gasteiger partial charge in [0.05, 0.1) is 6.61 Å². The number of aliphatic hydroxyl groups excluding tert-OH is 1. The first-order valence-electron chi connectivity index (χ1n) is 4.67. The number of hydrogen-bond acceptors (Lipinski definition) is 2. The van der Waals surface area contributed by atoms with Gasteiger partial charge in [-0.2, -0.15) is 0 Å². The molecule has 1 rings (SSSR count).